The summed E-state index contributed by atoms with van der Waals surface area (Å²) in [5.41, 5.74) is 1.31. The molecule has 0 aromatic carbocycles. The van der Waals surface area contributed by atoms with E-state index in [0.29, 0.717) is 37.2 Å². The highest BCUT2D eigenvalue weighted by Crippen LogP contribution is 2.34. The van der Waals surface area contributed by atoms with Crippen molar-refractivity contribution in [1.29, 1.82) is 0 Å². The number of nitrogens with one attached hydrogen (secondary N) is 1. The molecule has 0 radical (unpaired) electrons. The van der Waals surface area contributed by atoms with Gasteiger partial charge in [0, 0.05) is 50.3 Å². The van der Waals surface area contributed by atoms with Gasteiger partial charge in [0.1, 0.15) is 11.9 Å². The number of fused-ring (bicyclic) bond motifs is 1. The van der Waals surface area contributed by atoms with Gasteiger partial charge in [0.05, 0.1) is 36.0 Å². The van der Waals surface area contributed by atoms with Gasteiger partial charge in [-0.15, -0.1) is 0 Å². The van der Waals surface area contributed by atoms with Crippen molar-refractivity contribution in [2.45, 2.75) is 51.2 Å². The first-order chi connectivity index (χ1) is 16.7. The maximum Gasteiger partial charge on any atom is 0.252 e. The van der Waals surface area contributed by atoms with E-state index in [1.165, 1.54) is 0 Å². The Balaban J connectivity index is 1.41. The van der Waals surface area contributed by atoms with Crippen LogP contribution in [0.3, 0.4) is 0 Å². The second-order valence-electron chi connectivity index (χ2n) is 8.99. The van der Waals surface area contributed by atoms with Gasteiger partial charge in [-0.05, 0) is 38.2 Å². The minimum Gasteiger partial charge on any atom is -0.474 e. The first-order valence-corrected chi connectivity index (χ1v) is 12.3. The van der Waals surface area contributed by atoms with E-state index in [0.717, 1.165) is 61.9 Å². The lowest BCUT2D eigenvalue weighted by molar-refractivity contribution is 0.0953. The van der Waals surface area contributed by atoms with Gasteiger partial charge in [-0.25, -0.2) is 4.98 Å². The van der Waals surface area contributed by atoms with Crippen LogP contribution in [0.4, 0.5) is 5.82 Å². The van der Waals surface area contributed by atoms with Crippen LogP contribution < -0.4 is 15.0 Å². The number of carbonyl (C=O) groups is 1. The van der Waals surface area contributed by atoms with E-state index in [2.05, 4.69) is 24.8 Å². The number of aromatic nitrogens is 4. The third-order valence-electron chi connectivity index (χ3n) is 6.63. The minimum atomic E-state index is -0.125. The van der Waals surface area contributed by atoms with Gasteiger partial charge in [0.2, 0.25) is 5.88 Å². The van der Waals surface area contributed by atoms with E-state index in [1.54, 1.807) is 6.20 Å². The van der Waals surface area contributed by atoms with Crippen molar-refractivity contribution in [2.75, 3.05) is 37.7 Å². The third kappa shape index (κ3) is 4.99. The molecule has 1 saturated heterocycles. The third-order valence-corrected chi connectivity index (χ3v) is 6.63. The molecule has 1 aliphatic carbocycles. The van der Waals surface area contributed by atoms with Gasteiger partial charge in [-0.2, -0.15) is 4.98 Å². The molecular weight excluding hydrogens is 432 g/mol. The average molecular weight is 465 g/mol. The van der Waals surface area contributed by atoms with E-state index < -0.39 is 0 Å². The van der Waals surface area contributed by atoms with Crippen molar-refractivity contribution in [3.05, 3.63) is 42.6 Å². The molecule has 1 saturated carbocycles. The van der Waals surface area contributed by atoms with E-state index in [4.69, 9.17) is 14.5 Å². The molecular formula is C25H32N6O3. The number of hydrogen-bond donors (Lipinski definition) is 1. The summed E-state index contributed by atoms with van der Waals surface area (Å²) in [6, 6.07) is 4.30. The fraction of sp³-hybridized carbons (Fsp3) is 0.520. The Hall–Kier alpha value is -3.20. The Morgan fingerprint density at radius 2 is 2.03 bits per heavy atom. The molecule has 1 aliphatic heterocycles. The van der Waals surface area contributed by atoms with Crippen LogP contribution in [0.1, 0.15) is 55.4 Å². The number of pyridine rings is 2. The number of hydrogen-bond acceptors (Lipinski definition) is 7. The molecule has 0 bridgehead atoms. The Labute approximate surface area is 199 Å². The number of nitrogens with zero attached hydrogens (tertiary/aromatic N) is 5. The van der Waals surface area contributed by atoms with Crippen molar-refractivity contribution >= 4 is 22.6 Å². The van der Waals surface area contributed by atoms with Crippen LogP contribution in [-0.2, 0) is 4.74 Å². The Bertz CT molecular complexity index is 1110. The molecule has 3 aromatic rings. The molecule has 34 heavy (non-hydrogen) atoms. The summed E-state index contributed by atoms with van der Waals surface area (Å²) >= 11 is 0. The summed E-state index contributed by atoms with van der Waals surface area (Å²) in [5, 5.41) is 3.70. The smallest absolute Gasteiger partial charge is 0.252 e. The first kappa shape index (κ1) is 22.6. The standard InChI is InChI=1S/C25H32N6O3/c1-2-7-27-24(32)18-14-21-22(28-16-18)15-23(30-10-12-33-13-11-30)29-25(21)34-20-5-3-19(4-6-20)31-9-8-26-17-31/h8-9,14-17,19-20H,2-7,10-13H2,1H3,(H,27,32)/t19-,20+. The van der Waals surface area contributed by atoms with Gasteiger partial charge in [-0.3, -0.25) is 9.78 Å². The van der Waals surface area contributed by atoms with Crippen molar-refractivity contribution < 1.29 is 14.3 Å². The van der Waals surface area contributed by atoms with Crippen LogP contribution in [0.25, 0.3) is 10.9 Å². The second-order valence-corrected chi connectivity index (χ2v) is 8.99. The van der Waals surface area contributed by atoms with Crippen LogP contribution >= 0.6 is 0 Å². The minimum absolute atomic E-state index is 0.0768. The summed E-state index contributed by atoms with van der Waals surface area (Å²) in [5.74, 6) is 1.27. The largest absolute Gasteiger partial charge is 0.474 e. The van der Waals surface area contributed by atoms with Crippen LogP contribution in [0, 0.1) is 0 Å². The average Bonchev–Trinajstić information content (AvgIpc) is 3.43. The number of anilines is 1. The van der Waals surface area contributed by atoms with Crippen LogP contribution in [0.15, 0.2) is 37.1 Å². The highest BCUT2D eigenvalue weighted by Gasteiger charge is 2.25. The fourth-order valence-corrected chi connectivity index (χ4v) is 4.69. The predicted molar refractivity (Wildman–Crippen MR) is 129 cm³/mol. The van der Waals surface area contributed by atoms with Crippen molar-refractivity contribution in [1.82, 2.24) is 24.8 Å². The molecule has 4 heterocycles. The maximum atomic E-state index is 12.6. The van der Waals surface area contributed by atoms with Gasteiger partial charge in [0.25, 0.3) is 5.91 Å². The SMILES string of the molecule is CCCNC(=O)c1cnc2cc(N3CCOCC3)nc(O[C@H]3CC[C@@H](n4ccnc4)CC3)c2c1. The van der Waals surface area contributed by atoms with Gasteiger partial charge in [-0.1, -0.05) is 6.92 Å². The molecule has 1 N–H and O–H groups in total. The lowest BCUT2D eigenvalue weighted by atomic mass is 9.93. The molecule has 1 amide bonds. The molecule has 0 spiro atoms. The topological polar surface area (TPSA) is 94.4 Å². The summed E-state index contributed by atoms with van der Waals surface area (Å²) in [6.07, 6.45) is 12.3. The zero-order valence-electron chi connectivity index (χ0n) is 19.7. The van der Waals surface area contributed by atoms with Gasteiger partial charge < -0.3 is 24.3 Å². The first-order valence-electron chi connectivity index (χ1n) is 12.3. The lowest BCUT2D eigenvalue weighted by Crippen LogP contribution is -2.36. The maximum absolute atomic E-state index is 12.6. The predicted octanol–water partition coefficient (Wildman–Crippen LogP) is 3.37. The molecule has 0 atom stereocenters. The highest BCUT2D eigenvalue weighted by atomic mass is 16.5. The van der Waals surface area contributed by atoms with Crippen molar-refractivity contribution in [3.63, 3.8) is 0 Å². The molecule has 180 valence electrons. The van der Waals surface area contributed by atoms with E-state index >= 15 is 0 Å². The van der Waals surface area contributed by atoms with Crippen LogP contribution in [-0.4, -0.2) is 64.4 Å². The Morgan fingerprint density at radius 3 is 2.76 bits per heavy atom. The molecule has 0 unspecified atom stereocenters. The van der Waals surface area contributed by atoms with Gasteiger partial charge in [0.15, 0.2) is 0 Å². The molecule has 2 aliphatic rings. The molecule has 9 nitrogen and oxygen atoms in total. The zero-order chi connectivity index (χ0) is 23.3. The molecule has 2 fully saturated rings. The summed E-state index contributed by atoms with van der Waals surface area (Å²) in [4.78, 5) is 28.5. The molecule has 9 heteroatoms. The number of morpholine rings is 1. The zero-order valence-corrected chi connectivity index (χ0v) is 19.7. The highest BCUT2D eigenvalue weighted by molar-refractivity contribution is 5.98. The second kappa shape index (κ2) is 10.4. The summed E-state index contributed by atoms with van der Waals surface area (Å²) in [6.45, 7) is 5.59. The van der Waals surface area contributed by atoms with E-state index in [-0.39, 0.29) is 12.0 Å². The molecule has 3 aromatic heterocycles. The summed E-state index contributed by atoms with van der Waals surface area (Å²) < 4.78 is 14.2. The normalized spacial score (nSPS) is 20.9. The Morgan fingerprint density at radius 1 is 1.21 bits per heavy atom. The van der Waals surface area contributed by atoms with Crippen LogP contribution in [0.5, 0.6) is 5.88 Å². The van der Waals surface area contributed by atoms with E-state index in [9.17, 15) is 4.79 Å². The summed E-state index contributed by atoms with van der Waals surface area (Å²) in [7, 11) is 0. The van der Waals surface area contributed by atoms with Gasteiger partial charge >= 0.3 is 0 Å². The van der Waals surface area contributed by atoms with E-state index in [1.807, 2.05) is 37.8 Å². The number of imidazole rings is 1. The monoisotopic (exact) mass is 464 g/mol. The number of amides is 1. The quantitative estimate of drug-likeness (QED) is 0.573. The lowest BCUT2D eigenvalue weighted by Gasteiger charge is -2.31. The number of ether oxygens (including phenoxy) is 2. The number of carbonyl (C=O) groups excluding carboxylic acids is 1. The molecule has 5 rings (SSSR count). The Kier molecular flexibility index (Phi) is 6.89. The van der Waals surface area contributed by atoms with Crippen molar-refractivity contribution in [2.24, 2.45) is 0 Å². The van der Waals surface area contributed by atoms with Crippen molar-refractivity contribution in [3.8, 4) is 5.88 Å². The fourth-order valence-electron chi connectivity index (χ4n) is 4.69. The van der Waals surface area contributed by atoms with Crippen LogP contribution in [0.2, 0.25) is 0 Å². The number of rotatable bonds is 7.